The van der Waals surface area contributed by atoms with Crippen molar-refractivity contribution in [2.75, 3.05) is 0 Å². The minimum Gasteiger partial charge on any atom is -0.693 e. The average Bonchev–Trinajstić information content (AvgIpc) is 0.811. The van der Waals surface area contributed by atoms with E-state index in [0.717, 1.165) is 0 Å². The summed E-state index contributed by atoms with van der Waals surface area (Å²) in [7, 11) is 0. The van der Waals surface area contributed by atoms with Crippen molar-refractivity contribution < 1.29 is 35.6 Å². The maximum absolute atomic E-state index is 9.58. The van der Waals surface area contributed by atoms with Crippen LogP contribution in [0.1, 0.15) is 0 Å². The van der Waals surface area contributed by atoms with Crippen molar-refractivity contribution in [1.29, 1.82) is 0 Å². The van der Waals surface area contributed by atoms with E-state index in [1.54, 1.807) is 0 Å². The Morgan fingerprint density at radius 2 is 0.857 bits per heavy atom. The number of hydrogen-bond donors (Lipinski definition) is 0. The Morgan fingerprint density at radius 1 is 0.857 bits per heavy atom. The van der Waals surface area contributed by atoms with Crippen LogP contribution in [0.2, 0.25) is 0 Å². The van der Waals surface area contributed by atoms with Crippen molar-refractivity contribution in [2.45, 2.75) is 0 Å². The first-order valence-electron chi connectivity index (χ1n) is 0.567. The van der Waals surface area contributed by atoms with Gasteiger partial charge in [0.1, 0.15) is 0 Å². The molecule has 0 bridgehead atoms. The predicted molar refractivity (Wildman–Crippen MR) is 17.1 cm³/mol. The fraction of sp³-hybridized carbons (Fsp3) is 0. The molecule has 0 amide bonds. The molecule has 2 nitrogen and oxygen atoms in total. The van der Waals surface area contributed by atoms with Crippen LogP contribution in [0.4, 0.5) is 13.2 Å². The minimum absolute atomic E-state index is 0. The molecular formula is CH4AgF3N2-3. The van der Waals surface area contributed by atoms with Crippen molar-refractivity contribution in [3.63, 3.8) is 0 Å². The quantitative estimate of drug-likeness (QED) is 0.434. The molecule has 6 heteroatoms. The maximum Gasteiger partial charge on any atom is 0.154 e. The largest absolute Gasteiger partial charge is 0.693 e. The summed E-state index contributed by atoms with van der Waals surface area (Å²) in [6.07, 6.45) is 0. The summed E-state index contributed by atoms with van der Waals surface area (Å²) in [5, 5.41) is 0. The Hall–Kier alpha value is 0.450. The zero-order valence-electron chi connectivity index (χ0n) is 3.09. The normalized spacial score (nSPS) is 5.14. The molecule has 0 aromatic carbocycles. The van der Waals surface area contributed by atoms with Crippen LogP contribution in [0.5, 0.6) is 0 Å². The molecule has 0 aliphatic heterocycles. The van der Waals surface area contributed by atoms with Gasteiger partial charge in [-0.05, 0) is 0 Å². The molecule has 0 fully saturated rings. The fourth-order valence-corrected chi connectivity index (χ4v) is 0. The van der Waals surface area contributed by atoms with Crippen molar-refractivity contribution in [3.05, 3.63) is 19.0 Å². The Bertz CT molecular complexity index is 17.7. The molecule has 0 aromatic heterocycles. The van der Waals surface area contributed by atoms with Crippen LogP contribution < -0.4 is 0 Å². The van der Waals surface area contributed by atoms with Gasteiger partial charge in [-0.1, -0.05) is 0 Å². The van der Waals surface area contributed by atoms with Gasteiger partial charge >= 0.3 is 0 Å². The zero-order chi connectivity index (χ0) is 3.58. The maximum atomic E-state index is 9.58. The van der Waals surface area contributed by atoms with Gasteiger partial charge in [-0.3, -0.25) is 0 Å². The standard InChI is InChI=1S/CF3.Ag.2H2N/c2-1(3)4;;;/h;;2*1H2/q-1;;2*-1. The van der Waals surface area contributed by atoms with Gasteiger partial charge in [-0.15, -0.1) is 0 Å². The third kappa shape index (κ3) is 630. The first-order chi connectivity index (χ1) is 1.73. The van der Waals surface area contributed by atoms with E-state index in [4.69, 9.17) is 0 Å². The minimum atomic E-state index is -3.08. The SMILES string of the molecule is F[C-](F)F.[Ag].[NH2-].[NH2-]. The third-order valence-corrected chi connectivity index (χ3v) is 0. The van der Waals surface area contributed by atoms with Gasteiger partial charge in [0, 0.05) is 22.4 Å². The smallest absolute Gasteiger partial charge is 0.154 e. The van der Waals surface area contributed by atoms with Gasteiger partial charge in [0.05, 0.1) is 0 Å². The summed E-state index contributed by atoms with van der Waals surface area (Å²) >= 11 is 0. The van der Waals surface area contributed by atoms with Crippen LogP contribution in [0.25, 0.3) is 12.3 Å². The topological polar surface area (TPSA) is 67.0 Å². The van der Waals surface area contributed by atoms with Crippen molar-refractivity contribution in [1.82, 2.24) is 0 Å². The second kappa shape index (κ2) is 16.1. The van der Waals surface area contributed by atoms with E-state index in [1.807, 2.05) is 0 Å². The van der Waals surface area contributed by atoms with Crippen LogP contribution in [-0.2, 0) is 22.4 Å². The summed E-state index contributed by atoms with van der Waals surface area (Å²) in [5.41, 5.74) is 0. The number of hydrogen-bond acceptors (Lipinski definition) is 0. The van der Waals surface area contributed by atoms with E-state index in [0.29, 0.717) is 0 Å². The zero-order valence-corrected chi connectivity index (χ0v) is 4.57. The summed E-state index contributed by atoms with van der Waals surface area (Å²) in [4.78, 5) is 0. The van der Waals surface area contributed by atoms with E-state index >= 15 is 0 Å². The van der Waals surface area contributed by atoms with E-state index in [1.165, 1.54) is 0 Å². The number of rotatable bonds is 0. The number of nitrogens with two attached hydrogens (primary N) is 2. The van der Waals surface area contributed by atoms with Gasteiger partial charge in [-0.2, -0.15) is 0 Å². The molecule has 0 saturated carbocycles. The van der Waals surface area contributed by atoms with Gasteiger partial charge in [0.2, 0.25) is 0 Å². The molecule has 0 aliphatic rings. The first kappa shape index (κ1) is 26.0. The van der Waals surface area contributed by atoms with Gasteiger partial charge in [0.15, 0.2) is 6.68 Å². The van der Waals surface area contributed by atoms with Crippen LogP contribution in [0.15, 0.2) is 0 Å². The molecule has 0 aromatic rings. The third-order valence-electron chi connectivity index (χ3n) is 0. The molecular weight excluding hydrogens is 205 g/mol. The van der Waals surface area contributed by atoms with Crippen LogP contribution in [-0.4, -0.2) is 0 Å². The van der Waals surface area contributed by atoms with Crippen LogP contribution >= 0.6 is 0 Å². The summed E-state index contributed by atoms with van der Waals surface area (Å²) in [6.45, 7) is -3.08. The molecule has 0 rings (SSSR count). The fourth-order valence-electron chi connectivity index (χ4n) is 0. The molecule has 0 atom stereocenters. The van der Waals surface area contributed by atoms with Crippen molar-refractivity contribution >= 4 is 0 Å². The molecule has 7 heavy (non-hydrogen) atoms. The molecule has 53 valence electrons. The summed E-state index contributed by atoms with van der Waals surface area (Å²) in [5.74, 6) is 0. The predicted octanol–water partition coefficient (Wildman–Crippen LogP) is 2.77. The van der Waals surface area contributed by atoms with Gasteiger partial charge in [0.25, 0.3) is 0 Å². The molecule has 0 aliphatic carbocycles. The van der Waals surface area contributed by atoms with E-state index < -0.39 is 6.68 Å². The van der Waals surface area contributed by atoms with Crippen molar-refractivity contribution in [3.8, 4) is 0 Å². The monoisotopic (exact) mass is 208 g/mol. The van der Waals surface area contributed by atoms with Crippen LogP contribution in [0.3, 0.4) is 0 Å². The Labute approximate surface area is 55.1 Å². The van der Waals surface area contributed by atoms with E-state index in [9.17, 15) is 13.2 Å². The second-order valence-electron chi connectivity index (χ2n) is 0.214. The molecule has 0 heterocycles. The second-order valence-corrected chi connectivity index (χ2v) is 0.214. The molecule has 0 unspecified atom stereocenters. The summed E-state index contributed by atoms with van der Waals surface area (Å²) in [6, 6.07) is 0. The van der Waals surface area contributed by atoms with Gasteiger partial charge < -0.3 is 25.5 Å². The van der Waals surface area contributed by atoms with Gasteiger partial charge in [-0.25, -0.2) is 0 Å². The Balaban J connectivity index is -0.0000000150. The van der Waals surface area contributed by atoms with Crippen LogP contribution in [0, 0.1) is 6.68 Å². The first-order valence-corrected chi connectivity index (χ1v) is 0.567. The number of halogens is 3. The van der Waals surface area contributed by atoms with E-state index in [-0.39, 0.29) is 34.7 Å². The molecule has 0 spiro atoms. The Morgan fingerprint density at radius 3 is 0.857 bits per heavy atom. The summed E-state index contributed by atoms with van der Waals surface area (Å²) < 4.78 is 28.8. The molecule has 1 radical (unpaired) electrons. The Kier molecular flexibility index (Phi) is 59.9. The average molecular weight is 209 g/mol. The molecule has 4 N–H and O–H groups in total. The van der Waals surface area contributed by atoms with E-state index in [2.05, 4.69) is 0 Å². The molecule has 0 saturated heterocycles. The van der Waals surface area contributed by atoms with Crippen molar-refractivity contribution in [2.24, 2.45) is 0 Å².